The van der Waals surface area contributed by atoms with Crippen molar-refractivity contribution in [2.75, 3.05) is 7.11 Å². The van der Waals surface area contributed by atoms with E-state index in [1.807, 2.05) is 60.7 Å². The fourth-order valence-corrected chi connectivity index (χ4v) is 2.29. The zero-order chi connectivity index (χ0) is 18.2. The van der Waals surface area contributed by atoms with E-state index in [9.17, 15) is 4.79 Å². The summed E-state index contributed by atoms with van der Waals surface area (Å²) in [5.74, 6) is 0.363. The van der Waals surface area contributed by atoms with Crippen LogP contribution in [0.2, 0.25) is 0 Å². The summed E-state index contributed by atoms with van der Waals surface area (Å²) in [6.45, 7) is 0. The van der Waals surface area contributed by atoms with Gasteiger partial charge in [0, 0.05) is 11.8 Å². The van der Waals surface area contributed by atoms with Gasteiger partial charge in [-0.25, -0.2) is 5.43 Å². The number of hydrazone groups is 1. The molecule has 0 fully saturated rings. The number of allylic oxidation sites excluding steroid dienone is 1. The van der Waals surface area contributed by atoms with E-state index in [2.05, 4.69) is 20.7 Å². The molecule has 1 heterocycles. The lowest BCUT2D eigenvalue weighted by molar-refractivity contribution is 0.0950. The molecule has 6 nitrogen and oxygen atoms in total. The summed E-state index contributed by atoms with van der Waals surface area (Å²) in [5, 5.41) is 10.8. The van der Waals surface area contributed by atoms with Gasteiger partial charge in [-0.3, -0.25) is 9.89 Å². The number of H-pyrrole nitrogens is 1. The van der Waals surface area contributed by atoms with Crippen molar-refractivity contribution in [3.05, 3.63) is 78.0 Å². The van der Waals surface area contributed by atoms with Crippen molar-refractivity contribution in [1.82, 2.24) is 15.6 Å². The number of hydrogen-bond donors (Lipinski definition) is 2. The second-order valence-corrected chi connectivity index (χ2v) is 5.39. The van der Waals surface area contributed by atoms with E-state index < -0.39 is 0 Å². The fraction of sp³-hybridized carbons (Fsp3) is 0.0500. The smallest absolute Gasteiger partial charge is 0.289 e. The van der Waals surface area contributed by atoms with Gasteiger partial charge >= 0.3 is 0 Å². The highest BCUT2D eigenvalue weighted by Gasteiger charge is 2.10. The Labute approximate surface area is 151 Å². The topological polar surface area (TPSA) is 79.4 Å². The van der Waals surface area contributed by atoms with Crippen molar-refractivity contribution in [3.8, 4) is 17.0 Å². The number of aromatic nitrogens is 2. The zero-order valence-electron chi connectivity index (χ0n) is 14.2. The van der Waals surface area contributed by atoms with Gasteiger partial charge in [0.05, 0.1) is 12.8 Å². The summed E-state index contributed by atoms with van der Waals surface area (Å²) < 4.78 is 5.20. The van der Waals surface area contributed by atoms with Gasteiger partial charge in [-0.05, 0) is 29.8 Å². The average Bonchev–Trinajstić information content (AvgIpc) is 3.19. The van der Waals surface area contributed by atoms with E-state index in [0.29, 0.717) is 11.4 Å². The summed E-state index contributed by atoms with van der Waals surface area (Å²) in [5.41, 5.74) is 5.35. The molecule has 1 amide bonds. The SMILES string of the molecule is COc1cccc(-c2cc(C(=O)NN=CC=Cc3ccccc3)[nH]n2)c1. The van der Waals surface area contributed by atoms with Crippen LogP contribution in [0.15, 0.2) is 71.8 Å². The molecule has 6 heteroatoms. The average molecular weight is 346 g/mol. The van der Waals surface area contributed by atoms with Crippen LogP contribution in [0, 0.1) is 0 Å². The largest absolute Gasteiger partial charge is 0.497 e. The Morgan fingerprint density at radius 2 is 2.00 bits per heavy atom. The van der Waals surface area contributed by atoms with E-state index in [1.165, 1.54) is 6.21 Å². The Morgan fingerprint density at radius 1 is 1.15 bits per heavy atom. The highest BCUT2D eigenvalue weighted by atomic mass is 16.5. The minimum atomic E-state index is -0.365. The lowest BCUT2D eigenvalue weighted by atomic mass is 10.1. The van der Waals surface area contributed by atoms with E-state index in [-0.39, 0.29) is 5.91 Å². The molecule has 0 unspecified atom stereocenters. The molecule has 26 heavy (non-hydrogen) atoms. The number of amides is 1. The van der Waals surface area contributed by atoms with E-state index in [4.69, 9.17) is 4.74 Å². The number of carbonyl (C=O) groups excluding carboxylic acids is 1. The lowest BCUT2D eigenvalue weighted by Gasteiger charge is -2.00. The molecule has 2 N–H and O–H groups in total. The van der Waals surface area contributed by atoms with Crippen LogP contribution in [0.4, 0.5) is 0 Å². The first-order valence-corrected chi connectivity index (χ1v) is 8.01. The molecule has 1 aromatic heterocycles. The number of hydrogen-bond acceptors (Lipinski definition) is 4. The van der Waals surface area contributed by atoms with Crippen LogP contribution in [-0.2, 0) is 0 Å². The van der Waals surface area contributed by atoms with Crippen LogP contribution in [0.5, 0.6) is 5.75 Å². The van der Waals surface area contributed by atoms with Crippen LogP contribution >= 0.6 is 0 Å². The number of aromatic amines is 1. The van der Waals surface area contributed by atoms with Gasteiger partial charge in [0.1, 0.15) is 11.4 Å². The molecule has 0 saturated carbocycles. The van der Waals surface area contributed by atoms with E-state index in [0.717, 1.165) is 16.9 Å². The third kappa shape index (κ3) is 4.45. The van der Waals surface area contributed by atoms with E-state index >= 15 is 0 Å². The van der Waals surface area contributed by atoms with Gasteiger partial charge in [0.15, 0.2) is 0 Å². The third-order valence-electron chi connectivity index (χ3n) is 3.60. The first-order valence-electron chi connectivity index (χ1n) is 8.01. The summed E-state index contributed by atoms with van der Waals surface area (Å²) in [4.78, 5) is 12.1. The lowest BCUT2D eigenvalue weighted by Crippen LogP contribution is -2.17. The van der Waals surface area contributed by atoms with Crippen molar-refractivity contribution in [3.63, 3.8) is 0 Å². The van der Waals surface area contributed by atoms with Gasteiger partial charge < -0.3 is 4.74 Å². The Hall–Kier alpha value is -3.67. The van der Waals surface area contributed by atoms with Gasteiger partial charge in [-0.1, -0.05) is 48.5 Å². The second-order valence-electron chi connectivity index (χ2n) is 5.39. The molecular formula is C20H18N4O2. The molecule has 3 aromatic rings. The monoisotopic (exact) mass is 346 g/mol. The maximum atomic E-state index is 12.1. The van der Waals surface area contributed by atoms with Crippen molar-refractivity contribution in [2.24, 2.45) is 5.10 Å². The molecule has 0 saturated heterocycles. The fourth-order valence-electron chi connectivity index (χ4n) is 2.29. The predicted octanol–water partition coefficient (Wildman–Crippen LogP) is 3.51. The highest BCUT2D eigenvalue weighted by molar-refractivity contribution is 5.94. The van der Waals surface area contributed by atoms with Crippen molar-refractivity contribution in [1.29, 1.82) is 0 Å². The van der Waals surface area contributed by atoms with Crippen molar-refractivity contribution < 1.29 is 9.53 Å². The maximum absolute atomic E-state index is 12.1. The first kappa shape index (κ1) is 17.2. The molecule has 2 aromatic carbocycles. The normalized spacial score (nSPS) is 11.1. The Morgan fingerprint density at radius 3 is 2.81 bits per heavy atom. The quantitative estimate of drug-likeness (QED) is 0.529. The molecule has 130 valence electrons. The Balaban J connectivity index is 1.59. The number of nitrogens with zero attached hydrogens (tertiary/aromatic N) is 2. The van der Waals surface area contributed by atoms with Gasteiger partial charge in [-0.15, -0.1) is 0 Å². The van der Waals surface area contributed by atoms with Gasteiger partial charge in [-0.2, -0.15) is 10.2 Å². The van der Waals surface area contributed by atoms with E-state index in [1.54, 1.807) is 19.3 Å². The molecule has 0 atom stereocenters. The van der Waals surface area contributed by atoms with Crippen LogP contribution in [0.3, 0.4) is 0 Å². The summed E-state index contributed by atoms with van der Waals surface area (Å²) in [6, 6.07) is 19.0. The van der Waals surface area contributed by atoms with Gasteiger partial charge in [0.25, 0.3) is 5.91 Å². The minimum absolute atomic E-state index is 0.326. The molecule has 0 aliphatic carbocycles. The second kappa shape index (κ2) is 8.43. The first-order chi connectivity index (χ1) is 12.8. The molecule has 0 aliphatic rings. The van der Waals surface area contributed by atoms with Crippen LogP contribution < -0.4 is 10.2 Å². The zero-order valence-corrected chi connectivity index (χ0v) is 14.2. The maximum Gasteiger partial charge on any atom is 0.289 e. The van der Waals surface area contributed by atoms with Crippen LogP contribution in [-0.4, -0.2) is 29.4 Å². The summed E-state index contributed by atoms with van der Waals surface area (Å²) in [7, 11) is 1.60. The molecular weight excluding hydrogens is 328 g/mol. The van der Waals surface area contributed by atoms with Crippen LogP contribution in [0.1, 0.15) is 16.1 Å². The summed E-state index contributed by atoms with van der Waals surface area (Å²) >= 11 is 0. The van der Waals surface area contributed by atoms with Crippen LogP contribution in [0.25, 0.3) is 17.3 Å². The molecule has 3 rings (SSSR count). The number of nitrogens with one attached hydrogen (secondary N) is 2. The van der Waals surface area contributed by atoms with Gasteiger partial charge in [0.2, 0.25) is 0 Å². The van der Waals surface area contributed by atoms with Crippen molar-refractivity contribution in [2.45, 2.75) is 0 Å². The minimum Gasteiger partial charge on any atom is -0.497 e. The number of carbonyl (C=O) groups is 1. The molecule has 0 bridgehead atoms. The number of methoxy groups -OCH3 is 1. The molecule has 0 radical (unpaired) electrons. The Kier molecular flexibility index (Phi) is 5.57. The third-order valence-corrected chi connectivity index (χ3v) is 3.60. The molecule has 0 spiro atoms. The Bertz CT molecular complexity index is 930. The summed E-state index contributed by atoms with van der Waals surface area (Å²) in [6.07, 6.45) is 5.17. The predicted molar refractivity (Wildman–Crippen MR) is 102 cm³/mol. The molecule has 0 aliphatic heterocycles. The number of rotatable bonds is 6. The standard InChI is InChI=1S/C20H18N4O2/c1-26-17-11-5-10-16(13-17)18-14-19(23-22-18)20(25)24-21-12-6-9-15-7-3-2-4-8-15/h2-14H,1H3,(H,22,23)(H,24,25). The highest BCUT2D eigenvalue weighted by Crippen LogP contribution is 2.22. The number of ether oxygens (including phenoxy) is 1. The number of benzene rings is 2. The van der Waals surface area contributed by atoms with Crippen molar-refractivity contribution >= 4 is 18.2 Å².